The number of thioether (sulfide) groups is 1. The number of carbonyl (C=O) groups excluding carboxylic acids is 2. The molecule has 0 spiro atoms. The summed E-state index contributed by atoms with van der Waals surface area (Å²) in [5.74, 6) is 0.581. The first-order valence-corrected chi connectivity index (χ1v) is 7.82. The molecule has 2 rings (SSSR count). The highest BCUT2D eigenvalue weighted by Gasteiger charge is 2.17. The van der Waals surface area contributed by atoms with Crippen molar-refractivity contribution < 1.29 is 9.59 Å². The van der Waals surface area contributed by atoms with Crippen molar-refractivity contribution in [2.45, 2.75) is 17.7 Å². The number of hydrogen-bond donors (Lipinski definition) is 0. The number of amides is 1. The smallest absolute Gasteiger partial charge is 0.232 e. The van der Waals surface area contributed by atoms with Crippen molar-refractivity contribution in [3.63, 3.8) is 0 Å². The number of alkyl halides is 1. The van der Waals surface area contributed by atoms with Gasteiger partial charge in [0.25, 0.3) is 0 Å². The largest absolute Gasteiger partial charge is 0.342 e. The van der Waals surface area contributed by atoms with Gasteiger partial charge in [0.05, 0.1) is 11.6 Å². The number of nitrogens with zero attached hydrogens (tertiary/aromatic N) is 1. The Morgan fingerprint density at radius 3 is 2.37 bits per heavy atom. The number of halogens is 1. The quantitative estimate of drug-likeness (QED) is 0.476. The molecule has 0 aromatic heterocycles. The molecule has 19 heavy (non-hydrogen) atoms. The summed E-state index contributed by atoms with van der Waals surface area (Å²) in [5, 5.41) is 0. The minimum absolute atomic E-state index is 0.0000640. The van der Waals surface area contributed by atoms with Crippen LogP contribution in [0.2, 0.25) is 0 Å². The van der Waals surface area contributed by atoms with Crippen molar-refractivity contribution in [2.24, 2.45) is 0 Å². The minimum Gasteiger partial charge on any atom is -0.342 e. The van der Waals surface area contributed by atoms with Crippen LogP contribution in [0.4, 0.5) is 0 Å². The van der Waals surface area contributed by atoms with E-state index in [-0.39, 0.29) is 17.6 Å². The molecule has 1 heterocycles. The van der Waals surface area contributed by atoms with Crippen LogP contribution in [-0.4, -0.2) is 41.3 Å². The molecule has 0 saturated carbocycles. The van der Waals surface area contributed by atoms with E-state index in [4.69, 9.17) is 11.6 Å². The molecule has 102 valence electrons. The standard InChI is InChI=1S/C14H16ClNO2S/c15-9-13(17)11-3-5-12(6-4-11)19-10-14(18)16-7-1-2-8-16/h3-6H,1-2,7-10H2. The first kappa shape index (κ1) is 14.4. The minimum atomic E-state index is -0.0774. The van der Waals surface area contributed by atoms with Crippen LogP contribution in [0.5, 0.6) is 0 Å². The summed E-state index contributed by atoms with van der Waals surface area (Å²) in [4.78, 5) is 26.2. The molecule has 1 aliphatic rings. The number of rotatable bonds is 5. The molecule has 1 fully saturated rings. The maximum atomic E-state index is 11.9. The summed E-state index contributed by atoms with van der Waals surface area (Å²) in [6, 6.07) is 7.24. The third-order valence-corrected chi connectivity index (χ3v) is 4.36. The van der Waals surface area contributed by atoms with Crippen LogP contribution in [0.1, 0.15) is 23.2 Å². The lowest BCUT2D eigenvalue weighted by atomic mass is 10.1. The topological polar surface area (TPSA) is 37.4 Å². The Hall–Kier alpha value is -1.00. The van der Waals surface area contributed by atoms with Crippen molar-refractivity contribution in [1.29, 1.82) is 0 Å². The summed E-state index contributed by atoms with van der Waals surface area (Å²) < 4.78 is 0. The summed E-state index contributed by atoms with van der Waals surface area (Å²) in [6.45, 7) is 1.78. The highest BCUT2D eigenvalue weighted by Crippen LogP contribution is 2.20. The molecule has 0 unspecified atom stereocenters. The van der Waals surface area contributed by atoms with Gasteiger partial charge in [-0.05, 0) is 25.0 Å². The number of ketones is 1. The summed E-state index contributed by atoms with van der Waals surface area (Å²) in [6.07, 6.45) is 2.23. The Labute approximate surface area is 122 Å². The van der Waals surface area contributed by atoms with E-state index in [1.807, 2.05) is 17.0 Å². The second kappa shape index (κ2) is 6.96. The summed E-state index contributed by atoms with van der Waals surface area (Å²) in [5.41, 5.74) is 0.616. The monoisotopic (exact) mass is 297 g/mol. The van der Waals surface area contributed by atoms with Crippen LogP contribution in [0.15, 0.2) is 29.2 Å². The van der Waals surface area contributed by atoms with Gasteiger partial charge in [-0.15, -0.1) is 23.4 Å². The van der Waals surface area contributed by atoms with Crippen LogP contribution in [0.3, 0.4) is 0 Å². The van der Waals surface area contributed by atoms with Crippen LogP contribution in [0.25, 0.3) is 0 Å². The molecule has 5 heteroatoms. The lowest BCUT2D eigenvalue weighted by Crippen LogP contribution is -2.29. The van der Waals surface area contributed by atoms with Gasteiger partial charge in [0.1, 0.15) is 0 Å². The van der Waals surface area contributed by atoms with Gasteiger partial charge in [-0.3, -0.25) is 9.59 Å². The predicted molar refractivity (Wildman–Crippen MR) is 78.0 cm³/mol. The van der Waals surface area contributed by atoms with E-state index in [2.05, 4.69) is 0 Å². The first-order valence-electron chi connectivity index (χ1n) is 6.30. The Balaban J connectivity index is 1.85. The molecule has 0 radical (unpaired) electrons. The van der Waals surface area contributed by atoms with Gasteiger partial charge in [0.15, 0.2) is 5.78 Å². The zero-order valence-corrected chi connectivity index (χ0v) is 12.2. The van der Waals surface area contributed by atoms with E-state index in [1.165, 1.54) is 11.8 Å². The van der Waals surface area contributed by atoms with Crippen molar-refractivity contribution in [3.8, 4) is 0 Å². The third-order valence-electron chi connectivity index (χ3n) is 3.12. The number of hydrogen-bond acceptors (Lipinski definition) is 3. The van der Waals surface area contributed by atoms with E-state index in [1.54, 1.807) is 12.1 Å². The highest BCUT2D eigenvalue weighted by molar-refractivity contribution is 8.00. The number of carbonyl (C=O) groups is 2. The number of benzene rings is 1. The summed E-state index contributed by atoms with van der Waals surface area (Å²) in [7, 11) is 0. The highest BCUT2D eigenvalue weighted by atomic mass is 35.5. The molecule has 0 atom stereocenters. The lowest BCUT2D eigenvalue weighted by Gasteiger charge is -2.14. The average Bonchev–Trinajstić information content (AvgIpc) is 2.98. The normalized spacial score (nSPS) is 14.7. The molecule has 1 saturated heterocycles. The van der Waals surface area contributed by atoms with E-state index < -0.39 is 0 Å². The number of Topliss-reactive ketones (excluding diaryl/α,β-unsaturated/α-hetero) is 1. The van der Waals surface area contributed by atoms with Gasteiger partial charge in [0, 0.05) is 23.5 Å². The Morgan fingerprint density at radius 2 is 1.79 bits per heavy atom. The second-order valence-corrected chi connectivity index (χ2v) is 5.77. The van der Waals surface area contributed by atoms with Crippen LogP contribution in [-0.2, 0) is 4.79 Å². The second-order valence-electron chi connectivity index (χ2n) is 4.46. The molecular formula is C14H16ClNO2S. The van der Waals surface area contributed by atoms with E-state index in [0.29, 0.717) is 11.3 Å². The van der Waals surface area contributed by atoms with Gasteiger partial charge in [-0.25, -0.2) is 0 Å². The zero-order chi connectivity index (χ0) is 13.7. The fourth-order valence-electron chi connectivity index (χ4n) is 2.02. The van der Waals surface area contributed by atoms with Crippen molar-refractivity contribution in [3.05, 3.63) is 29.8 Å². The number of likely N-dealkylation sites (tertiary alicyclic amines) is 1. The van der Waals surface area contributed by atoms with Gasteiger partial charge in [-0.1, -0.05) is 12.1 Å². The molecule has 1 aromatic carbocycles. The van der Waals surface area contributed by atoms with E-state index in [9.17, 15) is 9.59 Å². The Kier molecular flexibility index (Phi) is 5.28. The van der Waals surface area contributed by atoms with Gasteiger partial charge in [-0.2, -0.15) is 0 Å². The SMILES string of the molecule is O=C(CCl)c1ccc(SCC(=O)N2CCCC2)cc1. The maximum absolute atomic E-state index is 11.9. The van der Waals surface area contributed by atoms with E-state index in [0.717, 1.165) is 30.8 Å². The van der Waals surface area contributed by atoms with Crippen LogP contribution >= 0.6 is 23.4 Å². The van der Waals surface area contributed by atoms with Gasteiger partial charge < -0.3 is 4.90 Å². The van der Waals surface area contributed by atoms with Crippen molar-refractivity contribution >= 4 is 35.1 Å². The average molecular weight is 298 g/mol. The van der Waals surface area contributed by atoms with Gasteiger partial charge >= 0.3 is 0 Å². The van der Waals surface area contributed by atoms with Crippen LogP contribution < -0.4 is 0 Å². The molecule has 0 aliphatic carbocycles. The fraction of sp³-hybridized carbons (Fsp3) is 0.429. The molecule has 1 aliphatic heterocycles. The predicted octanol–water partition coefficient (Wildman–Crippen LogP) is 2.82. The third kappa shape index (κ3) is 3.98. The van der Waals surface area contributed by atoms with Crippen molar-refractivity contribution in [1.82, 2.24) is 4.90 Å². The molecule has 3 nitrogen and oxygen atoms in total. The molecule has 0 N–H and O–H groups in total. The fourth-order valence-corrected chi connectivity index (χ4v) is 2.97. The Bertz CT molecular complexity index is 455. The Morgan fingerprint density at radius 1 is 1.16 bits per heavy atom. The van der Waals surface area contributed by atoms with Crippen LogP contribution in [0, 0.1) is 0 Å². The molecule has 0 bridgehead atoms. The first-order chi connectivity index (χ1) is 9.20. The van der Waals surface area contributed by atoms with Crippen molar-refractivity contribution in [2.75, 3.05) is 24.7 Å². The summed E-state index contributed by atoms with van der Waals surface area (Å²) >= 11 is 7.00. The van der Waals surface area contributed by atoms with E-state index >= 15 is 0 Å². The molecule has 1 amide bonds. The lowest BCUT2D eigenvalue weighted by molar-refractivity contribution is -0.127. The molecule has 1 aromatic rings. The molecular weight excluding hydrogens is 282 g/mol. The maximum Gasteiger partial charge on any atom is 0.232 e. The van der Waals surface area contributed by atoms with Gasteiger partial charge in [0.2, 0.25) is 5.91 Å². The zero-order valence-electron chi connectivity index (χ0n) is 10.6.